The normalized spacial score (nSPS) is 13.3. The Labute approximate surface area is 45.4 Å². The van der Waals surface area contributed by atoms with Crippen molar-refractivity contribution in [3.05, 3.63) is 12.1 Å². The molecule has 0 radical (unpaired) electrons. The Hall–Kier alpha value is -0.590. The van der Waals surface area contributed by atoms with E-state index in [0.29, 0.717) is 6.29 Å². The van der Waals surface area contributed by atoms with E-state index in [4.69, 9.17) is 1.37 Å². The fourth-order valence-electron chi connectivity index (χ4n) is 0.276. The fourth-order valence-corrected chi connectivity index (χ4v) is 0.276. The SMILES string of the molecule is [2H]/C(C=O)=C\CCC. The Bertz CT molecular complexity index is 96.7. The number of hydrogen-bond donors (Lipinski definition) is 0. The van der Waals surface area contributed by atoms with E-state index in [9.17, 15) is 4.79 Å². The molecule has 0 aliphatic carbocycles. The van der Waals surface area contributed by atoms with Crippen LogP contribution in [0.15, 0.2) is 12.1 Å². The summed E-state index contributed by atoms with van der Waals surface area (Å²) in [5.74, 6) is 0. The second-order valence-corrected chi connectivity index (χ2v) is 1.28. The van der Waals surface area contributed by atoms with E-state index in [1.807, 2.05) is 6.92 Å². The van der Waals surface area contributed by atoms with Crippen molar-refractivity contribution >= 4 is 6.29 Å². The summed E-state index contributed by atoms with van der Waals surface area (Å²) in [6, 6.07) is 0.0897. The van der Waals surface area contributed by atoms with Crippen LogP contribution in [-0.2, 0) is 4.79 Å². The van der Waals surface area contributed by atoms with Crippen molar-refractivity contribution in [2.24, 2.45) is 0 Å². The van der Waals surface area contributed by atoms with Gasteiger partial charge in [-0.25, -0.2) is 0 Å². The van der Waals surface area contributed by atoms with E-state index in [1.54, 1.807) is 6.08 Å². The minimum atomic E-state index is 0.0897. The highest BCUT2D eigenvalue weighted by molar-refractivity contribution is 5.64. The average molecular weight is 99.2 g/mol. The minimum Gasteiger partial charge on any atom is -0.299 e. The van der Waals surface area contributed by atoms with E-state index in [2.05, 4.69) is 0 Å². The third-order valence-corrected chi connectivity index (χ3v) is 0.619. The lowest BCUT2D eigenvalue weighted by Gasteiger charge is -1.76. The number of hydrogen-bond acceptors (Lipinski definition) is 1. The molecule has 0 rings (SSSR count). The Kier molecular flexibility index (Phi) is 3.53. The van der Waals surface area contributed by atoms with Crippen molar-refractivity contribution in [3.63, 3.8) is 0 Å². The van der Waals surface area contributed by atoms with E-state index in [1.165, 1.54) is 0 Å². The van der Waals surface area contributed by atoms with Crippen molar-refractivity contribution in [1.29, 1.82) is 0 Å². The van der Waals surface area contributed by atoms with Crippen LogP contribution in [0.4, 0.5) is 0 Å². The maximum Gasteiger partial charge on any atom is 0.142 e. The molecule has 0 heterocycles. The zero-order valence-electron chi connectivity index (χ0n) is 5.48. The summed E-state index contributed by atoms with van der Waals surface area (Å²) >= 11 is 0. The van der Waals surface area contributed by atoms with Gasteiger partial charge >= 0.3 is 0 Å². The van der Waals surface area contributed by atoms with Crippen molar-refractivity contribution in [2.45, 2.75) is 19.8 Å². The Morgan fingerprint density at radius 2 is 2.57 bits per heavy atom. The van der Waals surface area contributed by atoms with Gasteiger partial charge in [-0.05, 0) is 12.5 Å². The summed E-state index contributed by atoms with van der Waals surface area (Å²) in [7, 11) is 0. The predicted molar refractivity (Wildman–Crippen MR) is 30.1 cm³/mol. The molecule has 0 unspecified atom stereocenters. The van der Waals surface area contributed by atoms with Gasteiger partial charge in [0, 0.05) is 0 Å². The highest BCUT2D eigenvalue weighted by atomic mass is 16.1. The topological polar surface area (TPSA) is 17.1 Å². The zero-order valence-corrected chi connectivity index (χ0v) is 4.48. The first-order chi connectivity index (χ1) is 3.81. The molecule has 40 valence electrons. The molecule has 0 saturated heterocycles. The highest BCUT2D eigenvalue weighted by Gasteiger charge is 1.67. The van der Waals surface area contributed by atoms with Gasteiger partial charge in [-0.2, -0.15) is 0 Å². The van der Waals surface area contributed by atoms with Gasteiger partial charge < -0.3 is 0 Å². The maximum absolute atomic E-state index is 9.75. The molecule has 7 heavy (non-hydrogen) atoms. The molecule has 0 saturated carbocycles. The monoisotopic (exact) mass is 99.1 g/mol. The van der Waals surface area contributed by atoms with Gasteiger partial charge in [0.1, 0.15) is 6.29 Å². The van der Waals surface area contributed by atoms with Crippen LogP contribution in [-0.4, -0.2) is 6.29 Å². The molecule has 1 heteroatoms. The third kappa shape index (κ3) is 5.41. The maximum atomic E-state index is 9.75. The smallest absolute Gasteiger partial charge is 0.142 e. The highest BCUT2D eigenvalue weighted by Crippen LogP contribution is 1.85. The molecule has 0 aromatic heterocycles. The summed E-state index contributed by atoms with van der Waals surface area (Å²) in [4.78, 5) is 9.75. The van der Waals surface area contributed by atoms with Crippen LogP contribution in [0.1, 0.15) is 21.1 Å². The lowest BCUT2D eigenvalue weighted by molar-refractivity contribution is -0.104. The molecule has 0 fully saturated rings. The van der Waals surface area contributed by atoms with Crippen LogP contribution < -0.4 is 0 Å². The van der Waals surface area contributed by atoms with E-state index < -0.39 is 0 Å². The number of allylic oxidation sites excluding steroid dienone is 2. The number of carbonyl (C=O) groups excluding carboxylic acids is 1. The van der Waals surface area contributed by atoms with Gasteiger partial charge in [0.25, 0.3) is 0 Å². The Balaban J connectivity index is 3.40. The molecular formula is C6H10O. The standard InChI is InChI=1S/C6H10O/c1-2-3-4-5-6-7/h4-6H,2-3H2,1H3/b5-4+/i5D. The van der Waals surface area contributed by atoms with Crippen LogP contribution in [0.3, 0.4) is 0 Å². The van der Waals surface area contributed by atoms with E-state index in [0.717, 1.165) is 12.8 Å². The number of carbonyl (C=O) groups is 1. The van der Waals surface area contributed by atoms with Crippen molar-refractivity contribution in [2.75, 3.05) is 0 Å². The minimum absolute atomic E-state index is 0.0897. The van der Waals surface area contributed by atoms with Crippen LogP contribution >= 0.6 is 0 Å². The largest absolute Gasteiger partial charge is 0.299 e. The van der Waals surface area contributed by atoms with Crippen LogP contribution in [0, 0.1) is 0 Å². The van der Waals surface area contributed by atoms with Gasteiger partial charge in [-0.1, -0.05) is 19.4 Å². The number of unbranched alkanes of at least 4 members (excludes halogenated alkanes) is 1. The Morgan fingerprint density at radius 3 is 3.00 bits per heavy atom. The molecule has 0 aliphatic rings. The van der Waals surface area contributed by atoms with Gasteiger partial charge in [-0.3, -0.25) is 4.79 Å². The molecule has 0 spiro atoms. The molecule has 0 aliphatic heterocycles. The summed E-state index contributed by atoms with van der Waals surface area (Å²) in [5, 5.41) is 0. The molecule has 0 amide bonds. The molecule has 0 bridgehead atoms. The quantitative estimate of drug-likeness (QED) is 0.387. The second kappa shape index (κ2) is 5.41. The summed E-state index contributed by atoms with van der Waals surface area (Å²) in [6.07, 6.45) is 4.00. The van der Waals surface area contributed by atoms with Crippen LogP contribution in [0.5, 0.6) is 0 Å². The molecule has 1 nitrogen and oxygen atoms in total. The van der Waals surface area contributed by atoms with E-state index in [-0.39, 0.29) is 6.05 Å². The van der Waals surface area contributed by atoms with Gasteiger partial charge in [-0.15, -0.1) is 0 Å². The molecule has 0 aromatic rings. The first kappa shape index (κ1) is 4.57. The summed E-state index contributed by atoms with van der Waals surface area (Å²) in [6.45, 7) is 2.01. The van der Waals surface area contributed by atoms with Crippen molar-refractivity contribution < 1.29 is 6.17 Å². The molecule has 0 N–H and O–H groups in total. The molecule has 0 atom stereocenters. The second-order valence-electron chi connectivity index (χ2n) is 1.28. The lowest BCUT2D eigenvalue weighted by Crippen LogP contribution is -1.61. The number of rotatable bonds is 3. The predicted octanol–water partition coefficient (Wildman–Crippen LogP) is 1.54. The van der Waals surface area contributed by atoms with Crippen LogP contribution in [0.25, 0.3) is 0 Å². The zero-order chi connectivity index (χ0) is 6.41. The lowest BCUT2D eigenvalue weighted by atomic mass is 10.3. The molecular weight excluding hydrogens is 88.1 g/mol. The van der Waals surface area contributed by atoms with Gasteiger partial charge in [0.05, 0.1) is 1.37 Å². The average Bonchev–Trinajstić information content (AvgIpc) is 1.83. The van der Waals surface area contributed by atoms with Gasteiger partial charge in [0.15, 0.2) is 0 Å². The third-order valence-electron chi connectivity index (χ3n) is 0.619. The fraction of sp³-hybridized carbons (Fsp3) is 0.500. The Morgan fingerprint density at radius 1 is 1.86 bits per heavy atom. The first-order valence-electron chi connectivity index (χ1n) is 2.93. The van der Waals surface area contributed by atoms with Gasteiger partial charge in [0.2, 0.25) is 0 Å². The van der Waals surface area contributed by atoms with Crippen molar-refractivity contribution in [3.8, 4) is 0 Å². The first-order valence-corrected chi connectivity index (χ1v) is 2.43. The summed E-state index contributed by atoms with van der Waals surface area (Å²) in [5.41, 5.74) is 0. The van der Waals surface area contributed by atoms with E-state index >= 15 is 0 Å². The summed E-state index contributed by atoms with van der Waals surface area (Å²) < 4.78 is 6.82. The van der Waals surface area contributed by atoms with Crippen molar-refractivity contribution in [1.82, 2.24) is 0 Å². The molecule has 0 aromatic carbocycles. The number of aldehydes is 1. The van der Waals surface area contributed by atoms with Crippen LogP contribution in [0.2, 0.25) is 0 Å².